The van der Waals surface area contributed by atoms with Crippen LogP contribution in [0.5, 0.6) is 0 Å². The first-order chi connectivity index (χ1) is 9.27. The lowest BCUT2D eigenvalue weighted by atomic mass is 9.94. The van der Waals surface area contributed by atoms with E-state index < -0.39 is 11.9 Å². The van der Waals surface area contributed by atoms with Crippen molar-refractivity contribution < 1.29 is 18.0 Å². The Morgan fingerprint density at radius 1 is 1.40 bits per heavy atom. The molecule has 110 valence electrons. The molecule has 1 aromatic rings. The van der Waals surface area contributed by atoms with Gasteiger partial charge >= 0.3 is 6.18 Å². The lowest BCUT2D eigenvalue weighted by Crippen LogP contribution is -2.38. The molecule has 1 amide bonds. The topological polar surface area (TPSA) is 46.1 Å². The number of aryl methyl sites for hydroxylation is 1. The minimum absolute atomic E-state index is 0.0588. The molecule has 2 rings (SSSR count). The van der Waals surface area contributed by atoms with Crippen molar-refractivity contribution in [1.29, 1.82) is 0 Å². The summed E-state index contributed by atoms with van der Waals surface area (Å²) < 4.78 is 38.3. The number of carbonyl (C=O) groups excluding carboxylic acids is 1. The smallest absolute Gasteiger partial charge is 0.342 e. The number of nitrogens with zero attached hydrogens (tertiary/aromatic N) is 3. The SMILES string of the molecule is CC(=O)N1CCC[C@H](c2cc(C(F)(F)F)nc(C)n2)C1. The van der Waals surface area contributed by atoms with E-state index in [4.69, 9.17) is 0 Å². The van der Waals surface area contributed by atoms with E-state index in [2.05, 4.69) is 9.97 Å². The Kier molecular flexibility index (Phi) is 3.96. The molecule has 0 unspecified atom stereocenters. The fourth-order valence-corrected chi connectivity index (χ4v) is 2.45. The van der Waals surface area contributed by atoms with Gasteiger partial charge in [-0.1, -0.05) is 0 Å². The van der Waals surface area contributed by atoms with Crippen LogP contribution in [-0.4, -0.2) is 33.9 Å². The normalized spacial score (nSPS) is 20.1. The molecule has 2 heterocycles. The zero-order valence-corrected chi connectivity index (χ0v) is 11.4. The second kappa shape index (κ2) is 5.38. The van der Waals surface area contributed by atoms with E-state index in [0.717, 1.165) is 18.9 Å². The van der Waals surface area contributed by atoms with Crippen molar-refractivity contribution in [3.05, 3.63) is 23.3 Å². The maximum absolute atomic E-state index is 12.8. The largest absolute Gasteiger partial charge is 0.433 e. The molecule has 1 aliphatic rings. The summed E-state index contributed by atoms with van der Waals surface area (Å²) >= 11 is 0. The van der Waals surface area contributed by atoms with Crippen LogP contribution in [0.15, 0.2) is 6.07 Å². The van der Waals surface area contributed by atoms with Crippen LogP contribution in [0.1, 0.15) is 42.9 Å². The Hall–Kier alpha value is -1.66. The Labute approximate surface area is 115 Å². The summed E-state index contributed by atoms with van der Waals surface area (Å²) in [6, 6.07) is 1.00. The van der Waals surface area contributed by atoms with Crippen LogP contribution in [0.2, 0.25) is 0 Å². The van der Waals surface area contributed by atoms with Crippen molar-refractivity contribution in [2.24, 2.45) is 0 Å². The average molecular weight is 287 g/mol. The first-order valence-electron chi connectivity index (χ1n) is 6.45. The van der Waals surface area contributed by atoms with E-state index in [1.807, 2.05) is 0 Å². The van der Waals surface area contributed by atoms with Gasteiger partial charge in [-0.15, -0.1) is 0 Å². The van der Waals surface area contributed by atoms with Gasteiger partial charge in [0.1, 0.15) is 11.5 Å². The molecule has 1 aliphatic heterocycles. The summed E-state index contributed by atoms with van der Waals surface area (Å²) in [7, 11) is 0. The van der Waals surface area contributed by atoms with E-state index in [9.17, 15) is 18.0 Å². The van der Waals surface area contributed by atoms with Crippen LogP contribution < -0.4 is 0 Å². The predicted octanol–water partition coefficient (Wildman–Crippen LogP) is 2.53. The molecule has 20 heavy (non-hydrogen) atoms. The van der Waals surface area contributed by atoms with E-state index >= 15 is 0 Å². The molecular weight excluding hydrogens is 271 g/mol. The van der Waals surface area contributed by atoms with Gasteiger partial charge in [-0.2, -0.15) is 13.2 Å². The van der Waals surface area contributed by atoms with Gasteiger partial charge in [-0.3, -0.25) is 4.79 Å². The molecule has 7 heteroatoms. The van der Waals surface area contributed by atoms with Gasteiger partial charge in [0.05, 0.1) is 0 Å². The second-order valence-corrected chi connectivity index (χ2v) is 5.03. The lowest BCUT2D eigenvalue weighted by Gasteiger charge is -2.32. The Bertz CT molecular complexity index is 516. The first-order valence-corrected chi connectivity index (χ1v) is 6.45. The highest BCUT2D eigenvalue weighted by atomic mass is 19.4. The first kappa shape index (κ1) is 14.7. The van der Waals surface area contributed by atoms with Crippen LogP contribution in [0.3, 0.4) is 0 Å². The zero-order chi connectivity index (χ0) is 14.9. The minimum Gasteiger partial charge on any atom is -0.342 e. The number of aromatic nitrogens is 2. The molecule has 0 saturated carbocycles. The number of halogens is 3. The van der Waals surface area contributed by atoms with Crippen LogP contribution >= 0.6 is 0 Å². The summed E-state index contributed by atoms with van der Waals surface area (Å²) in [6.45, 7) is 3.99. The molecule has 1 aromatic heterocycles. The van der Waals surface area contributed by atoms with E-state index in [-0.39, 0.29) is 17.6 Å². The second-order valence-electron chi connectivity index (χ2n) is 5.03. The highest BCUT2D eigenvalue weighted by molar-refractivity contribution is 5.73. The molecule has 1 fully saturated rings. The molecular formula is C13H16F3N3O. The van der Waals surface area contributed by atoms with Crippen molar-refractivity contribution in [3.63, 3.8) is 0 Å². The predicted molar refractivity (Wildman–Crippen MR) is 66.0 cm³/mol. The highest BCUT2D eigenvalue weighted by Gasteiger charge is 2.34. The number of carbonyl (C=O) groups is 1. The van der Waals surface area contributed by atoms with Crippen molar-refractivity contribution in [2.45, 2.75) is 38.8 Å². The molecule has 1 saturated heterocycles. The third-order valence-corrected chi connectivity index (χ3v) is 3.43. The van der Waals surface area contributed by atoms with Crippen molar-refractivity contribution >= 4 is 5.91 Å². The number of alkyl halides is 3. The van der Waals surface area contributed by atoms with Gasteiger partial charge in [0.25, 0.3) is 0 Å². The van der Waals surface area contributed by atoms with Gasteiger partial charge in [0.2, 0.25) is 5.91 Å². The molecule has 4 nitrogen and oxygen atoms in total. The molecule has 0 spiro atoms. The number of likely N-dealkylation sites (tertiary alicyclic amines) is 1. The van der Waals surface area contributed by atoms with Crippen LogP contribution in [0.25, 0.3) is 0 Å². The number of hydrogen-bond acceptors (Lipinski definition) is 3. The molecule has 0 bridgehead atoms. The molecule has 1 atom stereocenters. The number of amides is 1. The summed E-state index contributed by atoms with van der Waals surface area (Å²) in [4.78, 5) is 20.6. The summed E-state index contributed by atoms with van der Waals surface area (Å²) in [5, 5.41) is 0. The Balaban J connectivity index is 2.28. The number of hydrogen-bond donors (Lipinski definition) is 0. The van der Waals surface area contributed by atoms with Gasteiger partial charge in [-0.25, -0.2) is 9.97 Å². The quantitative estimate of drug-likeness (QED) is 0.797. The molecule has 0 aliphatic carbocycles. The number of rotatable bonds is 1. The van der Waals surface area contributed by atoms with Gasteiger partial charge in [-0.05, 0) is 25.8 Å². The van der Waals surface area contributed by atoms with Crippen molar-refractivity contribution in [2.75, 3.05) is 13.1 Å². The molecule has 0 aromatic carbocycles. The summed E-state index contributed by atoms with van der Waals surface area (Å²) in [6.07, 6.45) is -2.97. The third-order valence-electron chi connectivity index (χ3n) is 3.43. The van der Waals surface area contributed by atoms with E-state index in [1.165, 1.54) is 13.8 Å². The van der Waals surface area contributed by atoms with E-state index in [0.29, 0.717) is 18.8 Å². The van der Waals surface area contributed by atoms with Gasteiger partial charge in [0.15, 0.2) is 0 Å². The van der Waals surface area contributed by atoms with Crippen LogP contribution in [0, 0.1) is 6.92 Å². The monoisotopic (exact) mass is 287 g/mol. The summed E-state index contributed by atoms with van der Waals surface area (Å²) in [5.41, 5.74) is -0.546. The maximum atomic E-state index is 12.8. The fourth-order valence-electron chi connectivity index (χ4n) is 2.45. The van der Waals surface area contributed by atoms with Crippen LogP contribution in [-0.2, 0) is 11.0 Å². The van der Waals surface area contributed by atoms with Crippen molar-refractivity contribution in [3.8, 4) is 0 Å². The third kappa shape index (κ3) is 3.26. The fraction of sp³-hybridized carbons (Fsp3) is 0.615. The standard InChI is InChI=1S/C13H16F3N3O/c1-8-17-11(6-12(18-8)13(14,15)16)10-4-3-5-19(7-10)9(2)20/h6,10H,3-5,7H2,1-2H3/t10-/m0/s1. The molecule has 0 radical (unpaired) electrons. The van der Waals surface area contributed by atoms with E-state index in [1.54, 1.807) is 4.90 Å². The zero-order valence-electron chi connectivity index (χ0n) is 11.4. The van der Waals surface area contributed by atoms with Gasteiger partial charge in [0, 0.05) is 31.6 Å². The minimum atomic E-state index is -4.47. The van der Waals surface area contributed by atoms with Gasteiger partial charge < -0.3 is 4.90 Å². The Morgan fingerprint density at radius 3 is 2.70 bits per heavy atom. The average Bonchev–Trinajstić information content (AvgIpc) is 2.37. The van der Waals surface area contributed by atoms with Crippen molar-refractivity contribution in [1.82, 2.24) is 14.9 Å². The maximum Gasteiger partial charge on any atom is 0.433 e. The summed E-state index contributed by atoms with van der Waals surface area (Å²) in [5.74, 6) is -0.109. The number of piperidine rings is 1. The lowest BCUT2D eigenvalue weighted by molar-refractivity contribution is -0.141. The highest BCUT2D eigenvalue weighted by Crippen LogP contribution is 2.31. The van der Waals surface area contributed by atoms with Crippen LogP contribution in [0.4, 0.5) is 13.2 Å². The Morgan fingerprint density at radius 2 is 2.10 bits per heavy atom. The molecule has 0 N–H and O–H groups in total.